The highest BCUT2D eigenvalue weighted by atomic mass is 16.5. The van der Waals surface area contributed by atoms with Crippen molar-refractivity contribution in [3.63, 3.8) is 0 Å². The second kappa shape index (κ2) is 5.35. The smallest absolute Gasteiger partial charge is 0.161 e. The van der Waals surface area contributed by atoms with Crippen LogP contribution in [-0.2, 0) is 6.42 Å². The molecule has 0 fully saturated rings. The number of hydrogen-bond donors (Lipinski definition) is 1. The van der Waals surface area contributed by atoms with Crippen LogP contribution in [0, 0.1) is 0 Å². The fraction of sp³-hybridized carbons (Fsp3) is 0.308. The molecule has 0 aliphatic rings. The van der Waals surface area contributed by atoms with Crippen LogP contribution >= 0.6 is 0 Å². The second-order valence-electron chi connectivity index (χ2n) is 3.79. The van der Waals surface area contributed by atoms with Gasteiger partial charge in [0, 0.05) is 11.1 Å². The first-order chi connectivity index (χ1) is 7.60. The van der Waals surface area contributed by atoms with Gasteiger partial charge >= 0.3 is 0 Å². The number of phenols is 1. The summed E-state index contributed by atoms with van der Waals surface area (Å²) >= 11 is 0. The molecule has 0 atom stereocenters. The minimum atomic E-state index is 0.0459. The Morgan fingerprint density at radius 1 is 1.44 bits per heavy atom. The maximum atomic E-state index is 10.9. The molecule has 1 rings (SSSR count). The van der Waals surface area contributed by atoms with Crippen LogP contribution in [0.3, 0.4) is 0 Å². The summed E-state index contributed by atoms with van der Waals surface area (Å²) in [6.07, 6.45) is 3.23. The first kappa shape index (κ1) is 12.3. The molecule has 1 N–H and O–H groups in total. The standard InChI is InChI=1S/C13H16O3/c1-9(2)4-6-11-10(8-14)5-7-12(16-3)13(11)15/h4-5,7-8,15H,6H2,1-3H3. The predicted molar refractivity (Wildman–Crippen MR) is 63.2 cm³/mol. The third kappa shape index (κ3) is 2.63. The summed E-state index contributed by atoms with van der Waals surface area (Å²) in [7, 11) is 1.49. The molecule has 0 aromatic heterocycles. The van der Waals surface area contributed by atoms with Gasteiger partial charge < -0.3 is 9.84 Å². The molecule has 0 unspecified atom stereocenters. The Bertz CT molecular complexity index is 415. The number of aromatic hydroxyl groups is 1. The van der Waals surface area contributed by atoms with Gasteiger partial charge in [-0.1, -0.05) is 11.6 Å². The summed E-state index contributed by atoms with van der Waals surface area (Å²) in [5.41, 5.74) is 2.24. The van der Waals surface area contributed by atoms with E-state index in [2.05, 4.69) is 0 Å². The molecule has 0 spiro atoms. The van der Waals surface area contributed by atoms with E-state index in [4.69, 9.17) is 4.74 Å². The van der Waals surface area contributed by atoms with Gasteiger partial charge in [-0.05, 0) is 32.4 Å². The average molecular weight is 220 g/mol. The van der Waals surface area contributed by atoms with Crippen molar-refractivity contribution < 1.29 is 14.6 Å². The Morgan fingerprint density at radius 3 is 2.62 bits per heavy atom. The lowest BCUT2D eigenvalue weighted by Crippen LogP contribution is -1.95. The van der Waals surface area contributed by atoms with Crippen molar-refractivity contribution in [3.05, 3.63) is 34.9 Å². The molecule has 1 aromatic rings. The number of allylic oxidation sites excluding steroid dienone is 2. The van der Waals surface area contributed by atoms with Crippen molar-refractivity contribution >= 4 is 6.29 Å². The fourth-order valence-corrected chi connectivity index (χ4v) is 1.43. The molecule has 0 aliphatic carbocycles. The maximum absolute atomic E-state index is 10.9. The minimum Gasteiger partial charge on any atom is -0.504 e. The molecule has 0 heterocycles. The Morgan fingerprint density at radius 2 is 2.12 bits per heavy atom. The summed E-state index contributed by atoms with van der Waals surface area (Å²) in [6.45, 7) is 3.94. The zero-order valence-electron chi connectivity index (χ0n) is 9.78. The lowest BCUT2D eigenvalue weighted by Gasteiger charge is -2.09. The summed E-state index contributed by atoms with van der Waals surface area (Å²) < 4.78 is 5.01. The number of aldehydes is 1. The monoisotopic (exact) mass is 220 g/mol. The van der Waals surface area contributed by atoms with Crippen LogP contribution in [0.5, 0.6) is 11.5 Å². The fourth-order valence-electron chi connectivity index (χ4n) is 1.43. The van der Waals surface area contributed by atoms with Crippen LogP contribution in [-0.4, -0.2) is 18.5 Å². The zero-order chi connectivity index (χ0) is 12.1. The topological polar surface area (TPSA) is 46.5 Å². The number of methoxy groups -OCH3 is 1. The third-order valence-corrected chi connectivity index (χ3v) is 2.34. The molecule has 0 saturated heterocycles. The Labute approximate surface area is 95.4 Å². The SMILES string of the molecule is COc1ccc(C=O)c(CC=C(C)C)c1O. The molecular weight excluding hydrogens is 204 g/mol. The number of hydrogen-bond acceptors (Lipinski definition) is 3. The number of rotatable bonds is 4. The maximum Gasteiger partial charge on any atom is 0.161 e. The molecule has 0 saturated carbocycles. The van der Waals surface area contributed by atoms with E-state index in [9.17, 15) is 9.90 Å². The van der Waals surface area contributed by atoms with Gasteiger partial charge in [-0.25, -0.2) is 0 Å². The van der Waals surface area contributed by atoms with Gasteiger partial charge in [-0.3, -0.25) is 4.79 Å². The molecular formula is C13H16O3. The number of phenolic OH excluding ortho intramolecular Hbond substituents is 1. The number of carbonyl (C=O) groups excluding carboxylic acids is 1. The van der Waals surface area contributed by atoms with Gasteiger partial charge in [0.2, 0.25) is 0 Å². The van der Waals surface area contributed by atoms with Crippen LogP contribution in [0.25, 0.3) is 0 Å². The number of carbonyl (C=O) groups is 1. The molecule has 16 heavy (non-hydrogen) atoms. The molecule has 0 aliphatic heterocycles. The molecule has 0 amide bonds. The average Bonchev–Trinajstić information content (AvgIpc) is 2.26. The number of benzene rings is 1. The lowest BCUT2D eigenvalue weighted by molar-refractivity contribution is 0.112. The van der Waals surface area contributed by atoms with Crippen LogP contribution in [0.1, 0.15) is 29.8 Å². The van der Waals surface area contributed by atoms with Gasteiger partial charge in [-0.2, -0.15) is 0 Å². The Kier molecular flexibility index (Phi) is 4.11. The lowest BCUT2D eigenvalue weighted by atomic mass is 10.0. The van der Waals surface area contributed by atoms with Crippen molar-refractivity contribution in [2.45, 2.75) is 20.3 Å². The molecule has 86 valence electrons. The van der Waals surface area contributed by atoms with E-state index >= 15 is 0 Å². The molecule has 0 bridgehead atoms. The summed E-state index contributed by atoms with van der Waals surface area (Å²) in [4.78, 5) is 10.9. The molecule has 1 aromatic carbocycles. The van der Waals surface area contributed by atoms with Crippen LogP contribution in [0.4, 0.5) is 0 Å². The summed E-state index contributed by atoms with van der Waals surface area (Å²) in [5, 5.41) is 9.90. The minimum absolute atomic E-state index is 0.0459. The first-order valence-electron chi connectivity index (χ1n) is 5.07. The summed E-state index contributed by atoms with van der Waals surface area (Å²) in [6, 6.07) is 3.24. The van der Waals surface area contributed by atoms with Gasteiger partial charge in [0.25, 0.3) is 0 Å². The van der Waals surface area contributed by atoms with Gasteiger partial charge in [0.05, 0.1) is 7.11 Å². The molecule has 3 heteroatoms. The van der Waals surface area contributed by atoms with Crippen LogP contribution in [0.2, 0.25) is 0 Å². The van der Waals surface area contributed by atoms with Crippen molar-refractivity contribution in [2.75, 3.05) is 7.11 Å². The first-order valence-corrected chi connectivity index (χ1v) is 5.07. The summed E-state index contributed by atoms with van der Waals surface area (Å²) in [5.74, 6) is 0.437. The predicted octanol–water partition coefficient (Wildman–Crippen LogP) is 2.72. The highest BCUT2D eigenvalue weighted by molar-refractivity contribution is 5.80. The molecule has 3 nitrogen and oxygen atoms in total. The van der Waals surface area contributed by atoms with Crippen molar-refractivity contribution in [3.8, 4) is 11.5 Å². The highest BCUT2D eigenvalue weighted by Gasteiger charge is 2.11. The zero-order valence-corrected chi connectivity index (χ0v) is 9.78. The third-order valence-electron chi connectivity index (χ3n) is 2.34. The largest absolute Gasteiger partial charge is 0.504 e. The quantitative estimate of drug-likeness (QED) is 0.627. The van der Waals surface area contributed by atoms with E-state index in [0.29, 0.717) is 23.3 Å². The van der Waals surface area contributed by atoms with Crippen molar-refractivity contribution in [2.24, 2.45) is 0 Å². The Hall–Kier alpha value is -1.77. The molecule has 0 radical (unpaired) electrons. The van der Waals surface area contributed by atoms with E-state index in [-0.39, 0.29) is 5.75 Å². The van der Waals surface area contributed by atoms with Crippen LogP contribution < -0.4 is 4.74 Å². The van der Waals surface area contributed by atoms with E-state index < -0.39 is 0 Å². The van der Waals surface area contributed by atoms with Crippen molar-refractivity contribution in [1.82, 2.24) is 0 Å². The Balaban J connectivity index is 3.21. The normalized spacial score (nSPS) is 9.69. The van der Waals surface area contributed by atoms with E-state index in [1.807, 2.05) is 19.9 Å². The van der Waals surface area contributed by atoms with Gasteiger partial charge in [0.1, 0.15) is 6.29 Å². The number of ether oxygens (including phenoxy) is 1. The second-order valence-corrected chi connectivity index (χ2v) is 3.79. The van der Waals surface area contributed by atoms with Crippen LogP contribution in [0.15, 0.2) is 23.8 Å². The van der Waals surface area contributed by atoms with E-state index in [0.717, 1.165) is 11.9 Å². The van der Waals surface area contributed by atoms with Crippen molar-refractivity contribution in [1.29, 1.82) is 0 Å². The van der Waals surface area contributed by atoms with E-state index in [1.54, 1.807) is 12.1 Å². The van der Waals surface area contributed by atoms with E-state index in [1.165, 1.54) is 7.11 Å². The van der Waals surface area contributed by atoms with Gasteiger partial charge in [-0.15, -0.1) is 0 Å². The van der Waals surface area contributed by atoms with Gasteiger partial charge in [0.15, 0.2) is 11.5 Å². The highest BCUT2D eigenvalue weighted by Crippen LogP contribution is 2.32.